The van der Waals surface area contributed by atoms with Gasteiger partial charge in [0.05, 0.1) is 6.54 Å². The Morgan fingerprint density at radius 2 is 2.28 bits per heavy atom. The maximum absolute atomic E-state index is 11.8. The molecule has 4 nitrogen and oxygen atoms in total. The minimum absolute atomic E-state index is 0.201. The Morgan fingerprint density at radius 1 is 1.39 bits per heavy atom. The molecule has 18 heavy (non-hydrogen) atoms. The Balaban J connectivity index is 1.81. The molecule has 104 valence electrons. The fourth-order valence-corrected chi connectivity index (χ4v) is 3.29. The molecule has 2 rings (SSSR count). The van der Waals surface area contributed by atoms with Crippen molar-refractivity contribution in [3.8, 4) is 0 Å². The van der Waals surface area contributed by atoms with Crippen LogP contribution in [0.1, 0.15) is 39.0 Å². The first-order chi connectivity index (χ1) is 8.81. The lowest BCUT2D eigenvalue weighted by molar-refractivity contribution is -0.122. The van der Waals surface area contributed by atoms with Gasteiger partial charge in [-0.15, -0.1) is 0 Å². The van der Waals surface area contributed by atoms with Crippen LogP contribution in [0.4, 0.5) is 0 Å². The lowest BCUT2D eigenvalue weighted by atomic mass is 9.90. The molecule has 2 unspecified atom stereocenters. The molecule has 2 heterocycles. The van der Waals surface area contributed by atoms with Gasteiger partial charge < -0.3 is 10.6 Å². The first-order valence-electron chi connectivity index (χ1n) is 7.52. The van der Waals surface area contributed by atoms with Crippen LogP contribution >= 0.6 is 0 Å². The molecule has 2 aliphatic heterocycles. The van der Waals surface area contributed by atoms with E-state index in [1.165, 1.54) is 32.2 Å². The molecule has 0 aromatic rings. The number of piperidine rings is 1. The van der Waals surface area contributed by atoms with Crippen LogP contribution in [-0.4, -0.2) is 49.6 Å². The highest BCUT2D eigenvalue weighted by atomic mass is 16.2. The molecule has 0 aliphatic carbocycles. The van der Waals surface area contributed by atoms with E-state index in [9.17, 15) is 4.79 Å². The van der Waals surface area contributed by atoms with Crippen molar-refractivity contribution in [2.24, 2.45) is 5.92 Å². The van der Waals surface area contributed by atoms with Crippen molar-refractivity contribution in [3.63, 3.8) is 0 Å². The minimum Gasteiger partial charge on any atom is -0.355 e. The van der Waals surface area contributed by atoms with Crippen molar-refractivity contribution < 1.29 is 4.79 Å². The third kappa shape index (κ3) is 3.69. The highest BCUT2D eigenvalue weighted by molar-refractivity contribution is 5.78. The van der Waals surface area contributed by atoms with Gasteiger partial charge in [0, 0.05) is 12.6 Å². The zero-order chi connectivity index (χ0) is 12.8. The van der Waals surface area contributed by atoms with E-state index in [1.54, 1.807) is 0 Å². The molecule has 2 atom stereocenters. The SMILES string of the molecule is CCCNC(=O)CN1CCCC1C1CCCNC1. The topological polar surface area (TPSA) is 44.4 Å². The van der Waals surface area contributed by atoms with Gasteiger partial charge in [-0.05, 0) is 57.7 Å². The molecule has 2 N–H and O–H groups in total. The largest absolute Gasteiger partial charge is 0.355 e. The smallest absolute Gasteiger partial charge is 0.234 e. The van der Waals surface area contributed by atoms with Crippen LogP contribution in [0.3, 0.4) is 0 Å². The number of nitrogens with one attached hydrogen (secondary N) is 2. The van der Waals surface area contributed by atoms with Crippen molar-refractivity contribution in [3.05, 3.63) is 0 Å². The van der Waals surface area contributed by atoms with Gasteiger partial charge in [-0.1, -0.05) is 6.92 Å². The van der Waals surface area contributed by atoms with E-state index < -0.39 is 0 Å². The molecule has 0 radical (unpaired) electrons. The van der Waals surface area contributed by atoms with E-state index in [0.717, 1.165) is 32.0 Å². The van der Waals surface area contributed by atoms with Gasteiger partial charge in [0.1, 0.15) is 0 Å². The maximum Gasteiger partial charge on any atom is 0.234 e. The fraction of sp³-hybridized carbons (Fsp3) is 0.929. The van der Waals surface area contributed by atoms with Gasteiger partial charge in [-0.25, -0.2) is 0 Å². The summed E-state index contributed by atoms with van der Waals surface area (Å²) in [6.45, 7) is 6.90. The Kier molecular flexibility index (Phi) is 5.45. The molecule has 2 fully saturated rings. The van der Waals surface area contributed by atoms with Crippen LogP contribution in [0.2, 0.25) is 0 Å². The van der Waals surface area contributed by atoms with E-state index in [4.69, 9.17) is 0 Å². The molecule has 1 amide bonds. The highest BCUT2D eigenvalue weighted by Gasteiger charge is 2.33. The molecular formula is C14H27N3O. The predicted molar refractivity (Wildman–Crippen MR) is 73.5 cm³/mol. The fourth-order valence-electron chi connectivity index (χ4n) is 3.29. The van der Waals surface area contributed by atoms with E-state index in [0.29, 0.717) is 12.6 Å². The predicted octanol–water partition coefficient (Wildman–Crippen LogP) is 0.977. The van der Waals surface area contributed by atoms with Crippen LogP contribution in [0.25, 0.3) is 0 Å². The van der Waals surface area contributed by atoms with Crippen molar-refractivity contribution >= 4 is 5.91 Å². The van der Waals surface area contributed by atoms with Crippen molar-refractivity contribution in [1.82, 2.24) is 15.5 Å². The quantitative estimate of drug-likeness (QED) is 0.767. The number of hydrogen-bond acceptors (Lipinski definition) is 3. The molecule has 0 aromatic heterocycles. The molecule has 0 spiro atoms. The van der Waals surface area contributed by atoms with Gasteiger partial charge in [-0.2, -0.15) is 0 Å². The summed E-state index contributed by atoms with van der Waals surface area (Å²) in [5.41, 5.74) is 0. The summed E-state index contributed by atoms with van der Waals surface area (Å²) < 4.78 is 0. The van der Waals surface area contributed by atoms with Crippen LogP contribution in [0, 0.1) is 5.92 Å². The Morgan fingerprint density at radius 3 is 3.00 bits per heavy atom. The lowest BCUT2D eigenvalue weighted by Gasteiger charge is -2.34. The molecule has 0 aromatic carbocycles. The number of hydrogen-bond donors (Lipinski definition) is 2. The summed E-state index contributed by atoms with van der Waals surface area (Å²) in [5, 5.41) is 6.48. The van der Waals surface area contributed by atoms with Gasteiger partial charge in [0.25, 0.3) is 0 Å². The Bertz CT molecular complexity index is 264. The second-order valence-corrected chi connectivity index (χ2v) is 5.64. The van der Waals surface area contributed by atoms with E-state index in [-0.39, 0.29) is 5.91 Å². The van der Waals surface area contributed by atoms with Crippen LogP contribution < -0.4 is 10.6 Å². The molecule has 2 aliphatic rings. The molecule has 2 saturated heterocycles. The first-order valence-corrected chi connectivity index (χ1v) is 7.52. The molecule has 0 saturated carbocycles. The summed E-state index contributed by atoms with van der Waals surface area (Å²) in [6, 6.07) is 0.630. The van der Waals surface area contributed by atoms with Gasteiger partial charge in [-0.3, -0.25) is 9.69 Å². The Hall–Kier alpha value is -0.610. The van der Waals surface area contributed by atoms with E-state index >= 15 is 0 Å². The number of carbonyl (C=O) groups excluding carboxylic acids is 1. The third-order valence-corrected chi connectivity index (χ3v) is 4.21. The standard InChI is InChI=1S/C14H27N3O/c1-2-7-16-14(18)11-17-9-4-6-13(17)12-5-3-8-15-10-12/h12-13,15H,2-11H2,1H3,(H,16,18). The van der Waals surface area contributed by atoms with Crippen molar-refractivity contribution in [1.29, 1.82) is 0 Å². The monoisotopic (exact) mass is 253 g/mol. The van der Waals surface area contributed by atoms with Crippen molar-refractivity contribution in [2.75, 3.05) is 32.7 Å². The number of carbonyl (C=O) groups is 1. The number of nitrogens with zero attached hydrogens (tertiary/aromatic N) is 1. The van der Waals surface area contributed by atoms with Gasteiger partial charge in [0.2, 0.25) is 5.91 Å². The zero-order valence-electron chi connectivity index (χ0n) is 11.6. The number of amides is 1. The second kappa shape index (κ2) is 7.10. The van der Waals surface area contributed by atoms with Crippen LogP contribution in [0.15, 0.2) is 0 Å². The summed E-state index contributed by atoms with van der Waals surface area (Å²) >= 11 is 0. The zero-order valence-corrected chi connectivity index (χ0v) is 11.6. The number of likely N-dealkylation sites (tertiary alicyclic amines) is 1. The van der Waals surface area contributed by atoms with Crippen molar-refractivity contribution in [2.45, 2.75) is 45.1 Å². The maximum atomic E-state index is 11.8. The Labute approximate surface area is 110 Å². The van der Waals surface area contributed by atoms with E-state index in [2.05, 4.69) is 22.5 Å². The van der Waals surface area contributed by atoms with Crippen LogP contribution in [0.5, 0.6) is 0 Å². The van der Waals surface area contributed by atoms with Gasteiger partial charge in [0.15, 0.2) is 0 Å². The highest BCUT2D eigenvalue weighted by Crippen LogP contribution is 2.27. The number of rotatable bonds is 5. The van der Waals surface area contributed by atoms with Crippen LogP contribution in [-0.2, 0) is 4.79 Å². The van der Waals surface area contributed by atoms with E-state index in [1.807, 2.05) is 0 Å². The normalized spacial score (nSPS) is 29.4. The second-order valence-electron chi connectivity index (χ2n) is 5.64. The first kappa shape index (κ1) is 13.8. The summed E-state index contributed by atoms with van der Waals surface area (Å²) in [4.78, 5) is 14.2. The average Bonchev–Trinajstić information content (AvgIpc) is 2.85. The van der Waals surface area contributed by atoms with Gasteiger partial charge >= 0.3 is 0 Å². The molecule has 0 bridgehead atoms. The summed E-state index contributed by atoms with van der Waals surface area (Å²) in [7, 11) is 0. The lowest BCUT2D eigenvalue weighted by Crippen LogP contribution is -2.46. The molecule has 4 heteroatoms. The average molecular weight is 253 g/mol. The summed E-state index contributed by atoms with van der Waals surface area (Å²) in [5.74, 6) is 0.952. The minimum atomic E-state index is 0.201. The molecular weight excluding hydrogens is 226 g/mol. The summed E-state index contributed by atoms with van der Waals surface area (Å²) in [6.07, 6.45) is 6.15. The third-order valence-electron chi connectivity index (χ3n) is 4.21.